The van der Waals surface area contributed by atoms with E-state index in [2.05, 4.69) is 15.0 Å². The van der Waals surface area contributed by atoms with E-state index in [9.17, 15) is 8.42 Å². The summed E-state index contributed by atoms with van der Waals surface area (Å²) >= 11 is 0. The zero-order valence-corrected chi connectivity index (χ0v) is 10.9. The largest absolute Gasteiger partial charge is 0.384 e. The molecule has 0 bridgehead atoms. The van der Waals surface area contributed by atoms with Gasteiger partial charge < -0.3 is 5.32 Å². The fourth-order valence-electron chi connectivity index (χ4n) is 2.09. The number of nitrogens with one attached hydrogen (secondary N) is 2. The monoisotopic (exact) mass is 275 g/mol. The third-order valence-electron chi connectivity index (χ3n) is 3.01. The summed E-state index contributed by atoms with van der Waals surface area (Å²) in [7, 11) is -3.55. The Morgan fingerprint density at radius 3 is 2.95 bits per heavy atom. The third-order valence-corrected chi connectivity index (χ3v) is 4.39. The lowest BCUT2D eigenvalue weighted by atomic mass is 10.2. The van der Waals surface area contributed by atoms with Gasteiger partial charge in [0.1, 0.15) is 0 Å². The molecule has 1 aliphatic heterocycles. The first-order chi connectivity index (χ1) is 9.15. The lowest BCUT2D eigenvalue weighted by Gasteiger charge is -2.09. The van der Waals surface area contributed by atoms with Crippen molar-refractivity contribution in [3.8, 4) is 0 Å². The van der Waals surface area contributed by atoms with Crippen LogP contribution in [0.3, 0.4) is 0 Å². The molecule has 98 valence electrons. The highest BCUT2D eigenvalue weighted by atomic mass is 32.2. The number of hydrogen-bond acceptors (Lipinski definition) is 4. The molecule has 2 aromatic rings. The maximum absolute atomic E-state index is 12.2. The van der Waals surface area contributed by atoms with Crippen LogP contribution >= 0.6 is 0 Å². The molecule has 0 fully saturated rings. The lowest BCUT2D eigenvalue weighted by molar-refractivity contribution is 0.601. The van der Waals surface area contributed by atoms with E-state index in [0.29, 0.717) is 5.69 Å². The molecular weight excluding hydrogens is 262 g/mol. The molecule has 1 aliphatic rings. The van der Waals surface area contributed by atoms with Gasteiger partial charge >= 0.3 is 0 Å². The molecule has 0 saturated carbocycles. The summed E-state index contributed by atoms with van der Waals surface area (Å²) < 4.78 is 27.0. The first kappa shape index (κ1) is 12.0. The highest BCUT2D eigenvalue weighted by Crippen LogP contribution is 2.25. The Balaban J connectivity index is 1.92. The Kier molecular flexibility index (Phi) is 2.87. The van der Waals surface area contributed by atoms with Crippen molar-refractivity contribution >= 4 is 21.4 Å². The summed E-state index contributed by atoms with van der Waals surface area (Å²) in [6.45, 7) is 0.856. The van der Waals surface area contributed by atoms with Crippen LogP contribution in [0.1, 0.15) is 5.56 Å². The Morgan fingerprint density at radius 2 is 2.16 bits per heavy atom. The van der Waals surface area contributed by atoms with E-state index in [1.165, 1.54) is 6.20 Å². The van der Waals surface area contributed by atoms with E-state index >= 15 is 0 Å². The predicted molar refractivity (Wildman–Crippen MR) is 73.7 cm³/mol. The zero-order chi connectivity index (χ0) is 13.3. The minimum absolute atomic E-state index is 0.277. The molecule has 0 unspecified atom stereocenters. The molecule has 0 saturated heterocycles. The molecule has 19 heavy (non-hydrogen) atoms. The van der Waals surface area contributed by atoms with Gasteiger partial charge in [-0.3, -0.25) is 9.71 Å². The summed E-state index contributed by atoms with van der Waals surface area (Å²) in [6.07, 6.45) is 3.93. The molecule has 0 atom stereocenters. The Labute approximate surface area is 111 Å². The number of rotatable bonds is 3. The SMILES string of the molecule is O=S(=O)(Nc1cccnc1)c1ccc2c(c1)CCN2. The number of sulfonamides is 1. The average molecular weight is 275 g/mol. The van der Waals surface area contributed by atoms with Crippen molar-refractivity contribution in [2.45, 2.75) is 11.3 Å². The number of aromatic nitrogens is 1. The second-order valence-corrected chi connectivity index (χ2v) is 6.03. The van der Waals surface area contributed by atoms with Crippen LogP contribution in [0.5, 0.6) is 0 Å². The van der Waals surface area contributed by atoms with Gasteiger partial charge in [-0.2, -0.15) is 0 Å². The Hall–Kier alpha value is -2.08. The molecular formula is C13H13N3O2S. The fraction of sp³-hybridized carbons (Fsp3) is 0.154. The molecule has 1 aromatic heterocycles. The number of pyridine rings is 1. The van der Waals surface area contributed by atoms with Crippen LogP contribution in [0.25, 0.3) is 0 Å². The average Bonchev–Trinajstić information content (AvgIpc) is 2.86. The molecule has 0 amide bonds. The van der Waals surface area contributed by atoms with E-state index < -0.39 is 10.0 Å². The van der Waals surface area contributed by atoms with E-state index in [0.717, 1.165) is 24.2 Å². The van der Waals surface area contributed by atoms with Gasteiger partial charge in [0.15, 0.2) is 0 Å². The predicted octanol–water partition coefficient (Wildman–Crippen LogP) is 1.85. The van der Waals surface area contributed by atoms with E-state index in [1.807, 2.05) is 0 Å². The standard InChI is InChI=1S/C13H13N3O2S/c17-19(18,16-11-2-1-6-14-9-11)12-3-4-13-10(8-12)5-7-15-13/h1-4,6,8-9,15-16H,5,7H2. The summed E-state index contributed by atoms with van der Waals surface area (Å²) in [6, 6.07) is 8.48. The summed E-state index contributed by atoms with van der Waals surface area (Å²) in [5, 5.41) is 3.20. The van der Waals surface area contributed by atoms with Gasteiger partial charge in [-0.15, -0.1) is 0 Å². The van der Waals surface area contributed by atoms with Gasteiger partial charge in [0, 0.05) is 18.4 Å². The van der Waals surface area contributed by atoms with Crippen molar-refractivity contribution < 1.29 is 8.42 Å². The molecule has 0 radical (unpaired) electrons. The van der Waals surface area contributed by atoms with Gasteiger partial charge in [-0.1, -0.05) is 0 Å². The van der Waals surface area contributed by atoms with Crippen LogP contribution in [0, 0.1) is 0 Å². The molecule has 6 heteroatoms. The summed E-state index contributed by atoms with van der Waals surface area (Å²) in [5.41, 5.74) is 2.51. The molecule has 2 N–H and O–H groups in total. The Bertz CT molecular complexity index is 699. The van der Waals surface area contributed by atoms with E-state index in [-0.39, 0.29) is 4.90 Å². The molecule has 3 rings (SSSR count). The van der Waals surface area contributed by atoms with Crippen molar-refractivity contribution in [3.63, 3.8) is 0 Å². The number of nitrogens with zero attached hydrogens (tertiary/aromatic N) is 1. The van der Waals surface area contributed by atoms with E-state index in [4.69, 9.17) is 0 Å². The summed E-state index contributed by atoms with van der Waals surface area (Å²) in [5.74, 6) is 0. The van der Waals surface area contributed by atoms with Crippen molar-refractivity contribution in [2.75, 3.05) is 16.6 Å². The first-order valence-electron chi connectivity index (χ1n) is 5.95. The molecule has 0 spiro atoms. The van der Waals surface area contributed by atoms with Crippen LogP contribution in [0.4, 0.5) is 11.4 Å². The molecule has 5 nitrogen and oxygen atoms in total. The summed E-state index contributed by atoms with van der Waals surface area (Å²) in [4.78, 5) is 4.16. The second-order valence-electron chi connectivity index (χ2n) is 4.34. The lowest BCUT2D eigenvalue weighted by Crippen LogP contribution is -2.13. The van der Waals surface area contributed by atoms with Gasteiger partial charge in [0.25, 0.3) is 10.0 Å². The number of hydrogen-bond donors (Lipinski definition) is 2. The maximum atomic E-state index is 12.2. The number of anilines is 2. The van der Waals surface area contributed by atoms with Crippen LogP contribution in [0.2, 0.25) is 0 Å². The zero-order valence-electron chi connectivity index (χ0n) is 10.1. The third kappa shape index (κ3) is 2.39. The molecule has 1 aromatic carbocycles. The van der Waals surface area contributed by atoms with Crippen LogP contribution in [-0.2, 0) is 16.4 Å². The van der Waals surface area contributed by atoms with Gasteiger partial charge in [0.2, 0.25) is 0 Å². The minimum atomic E-state index is -3.55. The number of benzene rings is 1. The highest BCUT2D eigenvalue weighted by Gasteiger charge is 2.18. The normalized spacial score (nSPS) is 13.7. The first-order valence-corrected chi connectivity index (χ1v) is 7.43. The van der Waals surface area contributed by atoms with E-state index in [1.54, 1.807) is 36.5 Å². The van der Waals surface area contributed by atoms with Crippen molar-refractivity contribution in [2.24, 2.45) is 0 Å². The number of fused-ring (bicyclic) bond motifs is 1. The molecule has 0 aliphatic carbocycles. The smallest absolute Gasteiger partial charge is 0.261 e. The van der Waals surface area contributed by atoms with Gasteiger partial charge in [-0.25, -0.2) is 8.42 Å². The second kappa shape index (κ2) is 4.55. The highest BCUT2D eigenvalue weighted by molar-refractivity contribution is 7.92. The van der Waals surface area contributed by atoms with Crippen LogP contribution in [0.15, 0.2) is 47.6 Å². The van der Waals surface area contributed by atoms with Gasteiger partial charge in [-0.05, 0) is 42.3 Å². The molecule has 2 heterocycles. The van der Waals surface area contributed by atoms with Crippen molar-refractivity contribution in [1.29, 1.82) is 0 Å². The fourth-order valence-corrected chi connectivity index (χ4v) is 3.18. The van der Waals surface area contributed by atoms with Crippen LogP contribution < -0.4 is 10.0 Å². The Morgan fingerprint density at radius 1 is 1.26 bits per heavy atom. The topological polar surface area (TPSA) is 71.1 Å². The minimum Gasteiger partial charge on any atom is -0.384 e. The van der Waals surface area contributed by atoms with Crippen LogP contribution in [-0.4, -0.2) is 19.9 Å². The van der Waals surface area contributed by atoms with Gasteiger partial charge in [0.05, 0.1) is 16.8 Å². The van der Waals surface area contributed by atoms with Crippen molar-refractivity contribution in [1.82, 2.24) is 4.98 Å². The quantitative estimate of drug-likeness (QED) is 0.896. The van der Waals surface area contributed by atoms with Crippen molar-refractivity contribution in [3.05, 3.63) is 48.3 Å². The maximum Gasteiger partial charge on any atom is 0.261 e.